The smallest absolute Gasteiger partial charge is 0.235 e. The molecule has 0 saturated carbocycles. The first-order valence-electron chi connectivity index (χ1n) is 9.50. The van der Waals surface area contributed by atoms with E-state index < -0.39 is 60.0 Å². The minimum atomic E-state index is -1.79. The zero-order valence-corrected chi connectivity index (χ0v) is 16.3. The third-order valence-electron chi connectivity index (χ3n) is 5.15. The van der Waals surface area contributed by atoms with Gasteiger partial charge in [-0.1, -0.05) is 0 Å². The molecular formula is C21H20O11. The van der Waals surface area contributed by atoms with Crippen molar-refractivity contribution in [3.63, 3.8) is 0 Å². The maximum Gasteiger partial charge on any atom is 0.235 e. The number of benzene rings is 2. The van der Waals surface area contributed by atoms with Crippen LogP contribution in [0.5, 0.6) is 23.0 Å². The summed E-state index contributed by atoms with van der Waals surface area (Å²) in [6.07, 6.45) is -8.10. The van der Waals surface area contributed by atoms with Gasteiger partial charge in [0.2, 0.25) is 17.5 Å². The molecule has 1 aliphatic heterocycles. The lowest BCUT2D eigenvalue weighted by Crippen LogP contribution is -2.60. The molecule has 2 heterocycles. The van der Waals surface area contributed by atoms with Crippen molar-refractivity contribution in [2.24, 2.45) is 0 Å². The Labute approximate surface area is 179 Å². The van der Waals surface area contributed by atoms with Gasteiger partial charge in [-0.3, -0.25) is 4.79 Å². The highest BCUT2D eigenvalue weighted by Crippen LogP contribution is 2.37. The van der Waals surface area contributed by atoms with Crippen LogP contribution in [-0.2, 0) is 4.74 Å². The fourth-order valence-electron chi connectivity index (χ4n) is 3.41. The number of hydrogen-bond acceptors (Lipinski definition) is 11. The molecule has 1 fully saturated rings. The minimum Gasteiger partial charge on any atom is -0.508 e. The Balaban J connectivity index is 1.87. The van der Waals surface area contributed by atoms with E-state index in [2.05, 4.69) is 0 Å². The summed E-state index contributed by atoms with van der Waals surface area (Å²) in [5.74, 6) is -1.83. The summed E-state index contributed by atoms with van der Waals surface area (Å²) in [5.41, 5.74) is -0.647. The number of aromatic hydroxyl groups is 3. The van der Waals surface area contributed by atoms with Gasteiger partial charge in [0.25, 0.3) is 0 Å². The number of ether oxygens (including phenoxy) is 2. The van der Waals surface area contributed by atoms with Gasteiger partial charge in [0.1, 0.15) is 35.7 Å². The van der Waals surface area contributed by atoms with E-state index in [0.717, 1.165) is 12.1 Å². The van der Waals surface area contributed by atoms with Crippen molar-refractivity contribution in [1.82, 2.24) is 0 Å². The van der Waals surface area contributed by atoms with Crippen molar-refractivity contribution in [1.29, 1.82) is 0 Å². The van der Waals surface area contributed by atoms with Gasteiger partial charge in [-0.25, -0.2) is 0 Å². The van der Waals surface area contributed by atoms with Crippen LogP contribution in [0.1, 0.15) is 0 Å². The lowest BCUT2D eigenvalue weighted by Gasteiger charge is -2.39. The molecule has 1 saturated heterocycles. The van der Waals surface area contributed by atoms with E-state index in [9.17, 15) is 40.5 Å². The SMILES string of the molecule is O=c1c(O[C@@H]2O[C@H](CO)[C@@H](O)[C@@H](O)[C@H]2O)c(-c2ccc(O)c(O)c2)oc2cc(O)ccc12. The molecule has 0 unspecified atom stereocenters. The fourth-order valence-corrected chi connectivity index (χ4v) is 3.41. The Morgan fingerprint density at radius 2 is 1.66 bits per heavy atom. The minimum absolute atomic E-state index is 0.00846. The van der Waals surface area contributed by atoms with Gasteiger partial charge in [0.15, 0.2) is 17.3 Å². The second-order valence-corrected chi connectivity index (χ2v) is 7.29. The monoisotopic (exact) mass is 448 g/mol. The summed E-state index contributed by atoms with van der Waals surface area (Å²) in [5, 5.41) is 68.8. The molecule has 2 aromatic carbocycles. The molecule has 0 aliphatic carbocycles. The quantitative estimate of drug-likeness (QED) is 0.261. The summed E-state index contributed by atoms with van der Waals surface area (Å²) in [4.78, 5) is 13.2. The van der Waals surface area contributed by atoms with Gasteiger partial charge in [0, 0.05) is 11.6 Å². The van der Waals surface area contributed by atoms with E-state index in [0.29, 0.717) is 0 Å². The summed E-state index contributed by atoms with van der Waals surface area (Å²) in [6, 6.07) is 7.30. The Hall–Kier alpha value is -3.35. The first kappa shape index (κ1) is 21.9. The van der Waals surface area contributed by atoms with E-state index in [-0.39, 0.29) is 28.0 Å². The average molecular weight is 448 g/mol. The third-order valence-corrected chi connectivity index (χ3v) is 5.15. The Morgan fingerprint density at radius 3 is 2.34 bits per heavy atom. The molecular weight excluding hydrogens is 428 g/mol. The van der Waals surface area contributed by atoms with Crippen LogP contribution in [0.2, 0.25) is 0 Å². The second-order valence-electron chi connectivity index (χ2n) is 7.29. The van der Waals surface area contributed by atoms with Crippen LogP contribution in [0.4, 0.5) is 0 Å². The lowest BCUT2D eigenvalue weighted by molar-refractivity contribution is -0.277. The van der Waals surface area contributed by atoms with E-state index in [1.54, 1.807) is 0 Å². The largest absolute Gasteiger partial charge is 0.508 e. The van der Waals surface area contributed by atoms with Gasteiger partial charge < -0.3 is 49.6 Å². The highest BCUT2D eigenvalue weighted by Gasteiger charge is 2.45. The van der Waals surface area contributed by atoms with Crippen molar-refractivity contribution >= 4 is 11.0 Å². The molecule has 0 bridgehead atoms. The molecule has 7 N–H and O–H groups in total. The molecule has 3 aromatic rings. The Bertz CT molecular complexity index is 1200. The molecule has 0 radical (unpaired) electrons. The third kappa shape index (κ3) is 3.72. The normalized spacial score (nSPS) is 25.7. The van der Waals surface area contributed by atoms with Gasteiger partial charge in [-0.15, -0.1) is 0 Å². The van der Waals surface area contributed by atoms with E-state index in [1.807, 2.05) is 0 Å². The summed E-state index contributed by atoms with van der Waals surface area (Å²) in [7, 11) is 0. The molecule has 5 atom stereocenters. The fraction of sp³-hybridized carbons (Fsp3) is 0.286. The van der Waals surface area contributed by atoms with Crippen molar-refractivity contribution < 1.29 is 49.6 Å². The highest BCUT2D eigenvalue weighted by atomic mass is 16.7. The van der Waals surface area contributed by atoms with Crippen LogP contribution in [0.25, 0.3) is 22.3 Å². The molecule has 11 nitrogen and oxygen atoms in total. The van der Waals surface area contributed by atoms with E-state index in [4.69, 9.17) is 13.9 Å². The number of phenolic OH excluding ortho intramolecular Hbond substituents is 3. The molecule has 0 amide bonds. The van der Waals surface area contributed by atoms with Crippen LogP contribution >= 0.6 is 0 Å². The molecule has 32 heavy (non-hydrogen) atoms. The number of aliphatic hydroxyl groups excluding tert-OH is 4. The summed E-state index contributed by atoms with van der Waals surface area (Å²) in [6.45, 7) is -0.699. The zero-order valence-electron chi connectivity index (χ0n) is 16.3. The predicted octanol–water partition coefficient (Wildman–Crippen LogP) is -0.244. The number of phenols is 3. The highest BCUT2D eigenvalue weighted by molar-refractivity contribution is 5.83. The predicted molar refractivity (Wildman–Crippen MR) is 107 cm³/mol. The standard InChI is InChI=1S/C21H20O11/c22-7-14-16(27)17(28)18(29)21(31-14)32-20-15(26)10-3-2-9(23)6-13(10)30-19(20)8-1-4-11(24)12(25)5-8/h1-6,14,16-18,21-25,27-29H,7H2/t14-,16-,17-,18-,21+/m1/s1. The molecule has 4 rings (SSSR count). The van der Waals surface area contributed by atoms with Gasteiger partial charge in [-0.05, 0) is 30.3 Å². The second kappa shape index (κ2) is 8.30. The van der Waals surface area contributed by atoms with Crippen LogP contribution in [0, 0.1) is 0 Å². The number of rotatable bonds is 4. The molecule has 1 aromatic heterocycles. The van der Waals surface area contributed by atoms with Crippen LogP contribution in [0.15, 0.2) is 45.6 Å². The first-order valence-corrected chi connectivity index (χ1v) is 9.50. The summed E-state index contributed by atoms with van der Waals surface area (Å²) < 4.78 is 16.6. The van der Waals surface area contributed by atoms with Gasteiger partial charge >= 0.3 is 0 Å². The number of fused-ring (bicyclic) bond motifs is 1. The first-order chi connectivity index (χ1) is 15.2. The summed E-state index contributed by atoms with van der Waals surface area (Å²) >= 11 is 0. The molecule has 170 valence electrons. The zero-order chi connectivity index (χ0) is 23.2. The topological polar surface area (TPSA) is 190 Å². The Kier molecular flexibility index (Phi) is 5.67. The maximum atomic E-state index is 13.2. The Morgan fingerprint density at radius 1 is 0.906 bits per heavy atom. The van der Waals surface area contributed by atoms with Gasteiger partial charge in [-0.2, -0.15) is 0 Å². The van der Waals surface area contributed by atoms with E-state index >= 15 is 0 Å². The molecule has 0 spiro atoms. The van der Waals surface area contributed by atoms with Gasteiger partial charge in [0.05, 0.1) is 12.0 Å². The molecule has 11 heteroatoms. The van der Waals surface area contributed by atoms with Crippen molar-refractivity contribution in [2.45, 2.75) is 30.7 Å². The number of aliphatic hydroxyl groups is 4. The van der Waals surface area contributed by atoms with Crippen molar-refractivity contribution in [3.05, 3.63) is 46.6 Å². The molecule has 1 aliphatic rings. The average Bonchev–Trinajstić information content (AvgIpc) is 2.77. The lowest BCUT2D eigenvalue weighted by atomic mass is 9.99. The van der Waals surface area contributed by atoms with Crippen LogP contribution < -0.4 is 10.2 Å². The van der Waals surface area contributed by atoms with E-state index in [1.165, 1.54) is 24.3 Å². The van der Waals surface area contributed by atoms with Crippen molar-refractivity contribution in [3.8, 4) is 34.3 Å². The van der Waals surface area contributed by atoms with Crippen molar-refractivity contribution in [2.75, 3.05) is 6.61 Å². The van der Waals surface area contributed by atoms with Crippen LogP contribution in [-0.4, -0.2) is 73.1 Å². The number of hydrogen-bond donors (Lipinski definition) is 7. The van der Waals surface area contributed by atoms with Crippen LogP contribution in [0.3, 0.4) is 0 Å². The maximum absolute atomic E-state index is 13.2.